The van der Waals surface area contributed by atoms with Gasteiger partial charge in [0.1, 0.15) is 16.9 Å². The Hall–Kier alpha value is -3.26. The van der Waals surface area contributed by atoms with Crippen LogP contribution in [-0.4, -0.2) is 40.3 Å². The zero-order valence-electron chi connectivity index (χ0n) is 16.2. The summed E-state index contributed by atoms with van der Waals surface area (Å²) in [5.74, 6) is -1.45. The molecule has 0 fully saturated rings. The van der Waals surface area contributed by atoms with E-state index in [0.29, 0.717) is 25.2 Å². The molecule has 0 atom stereocenters. The molecule has 2 heterocycles. The minimum atomic E-state index is -0.679. The van der Waals surface area contributed by atoms with Crippen molar-refractivity contribution in [3.63, 3.8) is 0 Å². The zero-order chi connectivity index (χ0) is 21.0. The van der Waals surface area contributed by atoms with Crippen LogP contribution in [0.1, 0.15) is 28.4 Å². The molecule has 0 aliphatic heterocycles. The van der Waals surface area contributed by atoms with Crippen LogP contribution in [0, 0.1) is 5.82 Å². The summed E-state index contributed by atoms with van der Waals surface area (Å²) < 4.78 is 19.5. The number of carbonyl (C=O) groups is 1. The third kappa shape index (κ3) is 4.43. The van der Waals surface area contributed by atoms with E-state index in [1.807, 2.05) is 6.92 Å². The van der Waals surface area contributed by atoms with Gasteiger partial charge in [-0.15, -0.1) is 0 Å². The molecule has 0 radical (unpaired) electrons. The molecule has 3 rings (SSSR count). The van der Waals surface area contributed by atoms with E-state index < -0.39 is 17.2 Å². The molecule has 0 saturated heterocycles. The van der Waals surface area contributed by atoms with Crippen molar-refractivity contribution in [2.75, 3.05) is 19.8 Å². The number of carbonyl (C=O) groups excluding carboxylic acids is 1. The minimum absolute atomic E-state index is 0.157. The fraction of sp³-hybridized carbons (Fsp3) is 0.286. The van der Waals surface area contributed by atoms with E-state index in [2.05, 4.69) is 10.3 Å². The fourth-order valence-corrected chi connectivity index (χ4v) is 3.04. The van der Waals surface area contributed by atoms with Crippen molar-refractivity contribution in [2.45, 2.75) is 13.3 Å². The number of aryl methyl sites for hydroxylation is 1. The summed E-state index contributed by atoms with van der Waals surface area (Å²) in [5, 5.41) is 13.1. The van der Waals surface area contributed by atoms with Gasteiger partial charge in [-0.1, -0.05) is 12.1 Å². The number of hydrogen-bond acceptors (Lipinski definition) is 5. The van der Waals surface area contributed by atoms with Crippen LogP contribution in [0.3, 0.4) is 0 Å². The standard InChI is InChI=1S/C21H22FN3O4/c1-3-29-9-8-23-20(27)17-19(26)18-16(25(2)21(17)28)11-14(12-24-18)10-13-4-6-15(22)7-5-13/h4-7,11-12,26H,3,8-10H2,1-2H3,(H,23,27). The van der Waals surface area contributed by atoms with Crippen molar-refractivity contribution >= 4 is 16.9 Å². The topological polar surface area (TPSA) is 93.4 Å². The van der Waals surface area contributed by atoms with Gasteiger partial charge >= 0.3 is 0 Å². The molecule has 0 bridgehead atoms. The molecule has 0 unspecified atom stereocenters. The Kier molecular flexibility index (Phi) is 6.23. The van der Waals surface area contributed by atoms with Crippen LogP contribution in [0.5, 0.6) is 5.75 Å². The number of nitrogens with one attached hydrogen (secondary N) is 1. The van der Waals surface area contributed by atoms with Gasteiger partial charge in [-0.3, -0.25) is 14.6 Å². The van der Waals surface area contributed by atoms with Gasteiger partial charge in [-0.25, -0.2) is 4.39 Å². The number of aromatic hydroxyl groups is 1. The molecule has 2 aromatic heterocycles. The van der Waals surface area contributed by atoms with Crippen LogP contribution < -0.4 is 10.9 Å². The molecule has 3 aromatic rings. The Bertz CT molecular complexity index is 1090. The summed E-state index contributed by atoms with van der Waals surface area (Å²) in [5.41, 5.74) is 1.25. The molecular weight excluding hydrogens is 377 g/mol. The predicted molar refractivity (Wildman–Crippen MR) is 107 cm³/mol. The minimum Gasteiger partial charge on any atom is -0.505 e. The van der Waals surface area contributed by atoms with Crippen LogP contribution >= 0.6 is 0 Å². The molecule has 8 heteroatoms. The van der Waals surface area contributed by atoms with Gasteiger partial charge in [-0.2, -0.15) is 0 Å². The average molecular weight is 399 g/mol. The first kappa shape index (κ1) is 20.5. The number of nitrogens with zero attached hydrogens (tertiary/aromatic N) is 2. The van der Waals surface area contributed by atoms with Gasteiger partial charge in [0.15, 0.2) is 5.75 Å². The lowest BCUT2D eigenvalue weighted by Gasteiger charge is -2.12. The third-order valence-corrected chi connectivity index (χ3v) is 4.55. The van der Waals surface area contributed by atoms with Crippen molar-refractivity contribution in [3.8, 4) is 5.75 Å². The maximum Gasteiger partial charge on any atom is 0.267 e. The summed E-state index contributed by atoms with van der Waals surface area (Å²) in [4.78, 5) is 29.3. The van der Waals surface area contributed by atoms with E-state index in [9.17, 15) is 19.1 Å². The Balaban J connectivity index is 1.94. The lowest BCUT2D eigenvalue weighted by Crippen LogP contribution is -2.34. The van der Waals surface area contributed by atoms with E-state index in [1.54, 1.807) is 24.4 Å². The van der Waals surface area contributed by atoms with Gasteiger partial charge in [0.05, 0.1) is 12.1 Å². The second kappa shape index (κ2) is 8.83. The number of rotatable bonds is 7. The predicted octanol–water partition coefficient (Wildman–Crippen LogP) is 2.14. The molecule has 0 spiro atoms. The highest BCUT2D eigenvalue weighted by atomic mass is 19.1. The van der Waals surface area contributed by atoms with Gasteiger partial charge in [0, 0.05) is 26.4 Å². The molecule has 7 nitrogen and oxygen atoms in total. The maximum absolute atomic E-state index is 13.1. The fourth-order valence-electron chi connectivity index (χ4n) is 3.04. The van der Waals surface area contributed by atoms with Crippen molar-refractivity contribution in [1.82, 2.24) is 14.9 Å². The van der Waals surface area contributed by atoms with E-state index >= 15 is 0 Å². The number of benzene rings is 1. The highest BCUT2D eigenvalue weighted by molar-refractivity contribution is 6.01. The van der Waals surface area contributed by atoms with Crippen molar-refractivity contribution in [2.24, 2.45) is 7.05 Å². The lowest BCUT2D eigenvalue weighted by atomic mass is 10.1. The SMILES string of the molecule is CCOCCNC(=O)c1c(O)c2ncc(Cc3ccc(F)cc3)cc2n(C)c1=O. The highest BCUT2D eigenvalue weighted by Crippen LogP contribution is 2.25. The van der Waals surface area contributed by atoms with Crippen LogP contribution in [0.2, 0.25) is 0 Å². The number of hydrogen-bond donors (Lipinski definition) is 2. The maximum atomic E-state index is 13.1. The van der Waals surface area contributed by atoms with Crippen molar-refractivity contribution in [3.05, 3.63) is 69.4 Å². The normalized spacial score (nSPS) is 11.0. The molecule has 0 saturated carbocycles. The van der Waals surface area contributed by atoms with Crippen LogP contribution in [-0.2, 0) is 18.2 Å². The van der Waals surface area contributed by atoms with Crippen LogP contribution in [0.15, 0.2) is 41.3 Å². The average Bonchev–Trinajstić information content (AvgIpc) is 2.71. The van der Waals surface area contributed by atoms with Gasteiger partial charge in [0.25, 0.3) is 11.5 Å². The summed E-state index contributed by atoms with van der Waals surface area (Å²) in [6, 6.07) is 7.82. The van der Waals surface area contributed by atoms with Crippen molar-refractivity contribution in [1.29, 1.82) is 0 Å². The Labute approximate surface area is 166 Å². The highest BCUT2D eigenvalue weighted by Gasteiger charge is 2.22. The summed E-state index contributed by atoms with van der Waals surface area (Å²) in [6.07, 6.45) is 2.05. The second-order valence-corrected chi connectivity index (χ2v) is 6.56. The molecular formula is C21H22FN3O4. The third-order valence-electron chi connectivity index (χ3n) is 4.55. The number of pyridine rings is 2. The van der Waals surface area contributed by atoms with E-state index in [0.717, 1.165) is 11.1 Å². The monoisotopic (exact) mass is 399 g/mol. The van der Waals surface area contributed by atoms with Gasteiger partial charge < -0.3 is 19.7 Å². The summed E-state index contributed by atoms with van der Waals surface area (Å²) in [6.45, 7) is 2.88. The Morgan fingerprint density at radius 2 is 2.00 bits per heavy atom. The first-order valence-corrected chi connectivity index (χ1v) is 9.23. The molecule has 152 valence electrons. The number of ether oxygens (including phenoxy) is 1. The Morgan fingerprint density at radius 3 is 2.69 bits per heavy atom. The van der Waals surface area contributed by atoms with E-state index in [1.165, 1.54) is 23.7 Å². The molecule has 1 amide bonds. The second-order valence-electron chi connectivity index (χ2n) is 6.56. The van der Waals surface area contributed by atoms with E-state index in [-0.39, 0.29) is 23.4 Å². The van der Waals surface area contributed by atoms with Crippen LogP contribution in [0.25, 0.3) is 11.0 Å². The molecule has 0 aliphatic rings. The number of amides is 1. The van der Waals surface area contributed by atoms with Crippen LogP contribution in [0.4, 0.5) is 4.39 Å². The van der Waals surface area contributed by atoms with E-state index in [4.69, 9.17) is 4.74 Å². The lowest BCUT2D eigenvalue weighted by molar-refractivity contribution is 0.0918. The summed E-state index contributed by atoms with van der Waals surface area (Å²) in [7, 11) is 1.52. The first-order valence-electron chi connectivity index (χ1n) is 9.23. The molecule has 1 aromatic carbocycles. The first-order chi connectivity index (χ1) is 13.9. The smallest absolute Gasteiger partial charge is 0.267 e. The number of halogens is 1. The number of fused-ring (bicyclic) bond motifs is 1. The molecule has 0 aliphatic carbocycles. The molecule has 29 heavy (non-hydrogen) atoms. The van der Waals surface area contributed by atoms with Crippen molar-refractivity contribution < 1.29 is 19.0 Å². The largest absolute Gasteiger partial charge is 0.505 e. The van der Waals surface area contributed by atoms with Gasteiger partial charge in [-0.05, 0) is 42.7 Å². The molecule has 2 N–H and O–H groups in total. The van der Waals surface area contributed by atoms with Gasteiger partial charge in [0.2, 0.25) is 0 Å². The number of aromatic nitrogens is 2. The Morgan fingerprint density at radius 1 is 1.28 bits per heavy atom. The quantitative estimate of drug-likeness (QED) is 0.594. The zero-order valence-corrected chi connectivity index (χ0v) is 16.2. The summed E-state index contributed by atoms with van der Waals surface area (Å²) >= 11 is 0.